The molecule has 2 heterocycles. The number of hydrogen-bond acceptors (Lipinski definition) is 4. The zero-order valence-electron chi connectivity index (χ0n) is 14.7. The molecular formula is C16H28N4O2S2. The van der Waals surface area contributed by atoms with Crippen LogP contribution < -0.4 is 10.6 Å². The van der Waals surface area contributed by atoms with Crippen LogP contribution in [0.25, 0.3) is 0 Å². The van der Waals surface area contributed by atoms with E-state index in [9.17, 15) is 8.42 Å². The molecule has 1 saturated heterocycles. The molecule has 2 rings (SSSR count). The van der Waals surface area contributed by atoms with E-state index in [4.69, 9.17) is 0 Å². The molecule has 0 aliphatic carbocycles. The van der Waals surface area contributed by atoms with Gasteiger partial charge in [-0.25, -0.2) is 12.7 Å². The first kappa shape index (κ1) is 19.2. The molecule has 0 bridgehead atoms. The van der Waals surface area contributed by atoms with E-state index < -0.39 is 10.0 Å². The van der Waals surface area contributed by atoms with E-state index in [1.807, 2.05) is 18.3 Å². The number of thiophene rings is 1. The fourth-order valence-corrected chi connectivity index (χ4v) is 5.26. The van der Waals surface area contributed by atoms with Crippen molar-refractivity contribution in [1.82, 2.24) is 14.9 Å². The minimum absolute atomic E-state index is 0.261. The van der Waals surface area contributed by atoms with E-state index in [-0.39, 0.29) is 11.8 Å². The van der Waals surface area contributed by atoms with Crippen LogP contribution in [0, 0.1) is 6.92 Å². The number of hydrogen-bond donors (Lipinski definition) is 2. The Morgan fingerprint density at radius 1 is 1.46 bits per heavy atom. The van der Waals surface area contributed by atoms with E-state index in [2.05, 4.69) is 41.6 Å². The Hall–Kier alpha value is -1.12. The van der Waals surface area contributed by atoms with Gasteiger partial charge in [-0.3, -0.25) is 4.99 Å². The van der Waals surface area contributed by atoms with Gasteiger partial charge in [-0.05, 0) is 39.3 Å². The van der Waals surface area contributed by atoms with Crippen molar-refractivity contribution in [2.24, 2.45) is 4.99 Å². The molecule has 0 saturated carbocycles. The Kier molecular flexibility index (Phi) is 7.06. The van der Waals surface area contributed by atoms with Crippen molar-refractivity contribution in [3.63, 3.8) is 0 Å². The predicted octanol–water partition coefficient (Wildman–Crippen LogP) is 1.58. The molecule has 1 unspecified atom stereocenters. The zero-order chi connectivity index (χ0) is 17.6. The molecular weight excluding hydrogens is 344 g/mol. The number of nitrogens with zero attached hydrogens (tertiary/aromatic N) is 2. The standard InChI is InChI=1S/C16H28N4O2S2/c1-4-17-16(18-8-10-20-9-5-11-24(20,21)22)19-13(2)12-15-7-6-14(3)23-15/h6-7,13H,4-5,8-12H2,1-3H3,(H2,17,18,19). The summed E-state index contributed by atoms with van der Waals surface area (Å²) in [4.78, 5) is 7.20. The predicted molar refractivity (Wildman–Crippen MR) is 101 cm³/mol. The summed E-state index contributed by atoms with van der Waals surface area (Å²) < 4.78 is 25.1. The highest BCUT2D eigenvalue weighted by molar-refractivity contribution is 7.89. The van der Waals surface area contributed by atoms with Gasteiger partial charge in [0.15, 0.2) is 5.96 Å². The minimum Gasteiger partial charge on any atom is -0.357 e. The quantitative estimate of drug-likeness (QED) is 0.563. The second-order valence-corrected chi connectivity index (χ2v) is 9.55. The van der Waals surface area contributed by atoms with Gasteiger partial charge in [0.25, 0.3) is 0 Å². The van der Waals surface area contributed by atoms with Crippen LogP contribution in [0.3, 0.4) is 0 Å². The van der Waals surface area contributed by atoms with Gasteiger partial charge in [-0.15, -0.1) is 11.3 Å². The molecule has 6 nitrogen and oxygen atoms in total. The third-order valence-electron chi connectivity index (χ3n) is 3.85. The topological polar surface area (TPSA) is 73.8 Å². The minimum atomic E-state index is -3.03. The lowest BCUT2D eigenvalue weighted by Crippen LogP contribution is -2.43. The maximum absolute atomic E-state index is 11.8. The van der Waals surface area contributed by atoms with Crippen LogP contribution in [0.5, 0.6) is 0 Å². The number of nitrogens with one attached hydrogen (secondary N) is 2. The van der Waals surface area contributed by atoms with Crippen LogP contribution in [-0.2, 0) is 16.4 Å². The smallest absolute Gasteiger partial charge is 0.214 e. The van der Waals surface area contributed by atoms with Crippen LogP contribution in [0.1, 0.15) is 30.0 Å². The van der Waals surface area contributed by atoms with Gasteiger partial charge in [0.05, 0.1) is 12.3 Å². The summed E-state index contributed by atoms with van der Waals surface area (Å²) in [7, 11) is -3.03. The number of aryl methyl sites for hydroxylation is 1. The molecule has 2 N–H and O–H groups in total. The van der Waals surface area contributed by atoms with E-state index in [0.717, 1.165) is 25.3 Å². The Bertz CT molecular complexity index is 655. The van der Waals surface area contributed by atoms with Crippen LogP contribution in [0.2, 0.25) is 0 Å². The number of rotatable bonds is 7. The Morgan fingerprint density at radius 2 is 2.25 bits per heavy atom. The summed E-state index contributed by atoms with van der Waals surface area (Å²) in [5.41, 5.74) is 0. The molecule has 136 valence electrons. The highest BCUT2D eigenvalue weighted by Crippen LogP contribution is 2.16. The number of aliphatic imine (C=N–C) groups is 1. The van der Waals surface area contributed by atoms with Crippen molar-refractivity contribution in [2.75, 3.05) is 31.9 Å². The molecule has 1 aromatic heterocycles. The molecule has 1 atom stereocenters. The maximum atomic E-state index is 11.8. The fourth-order valence-electron chi connectivity index (χ4n) is 2.72. The van der Waals surface area contributed by atoms with Gasteiger partial charge in [-0.1, -0.05) is 0 Å². The zero-order valence-corrected chi connectivity index (χ0v) is 16.3. The molecule has 8 heteroatoms. The van der Waals surface area contributed by atoms with Crippen molar-refractivity contribution in [1.29, 1.82) is 0 Å². The summed E-state index contributed by atoms with van der Waals surface area (Å²) in [5.74, 6) is 1.02. The second kappa shape index (κ2) is 8.82. The molecule has 1 fully saturated rings. The van der Waals surface area contributed by atoms with Gasteiger partial charge < -0.3 is 10.6 Å². The van der Waals surface area contributed by atoms with Crippen LogP contribution in [-0.4, -0.2) is 56.7 Å². The average molecular weight is 373 g/mol. The Morgan fingerprint density at radius 3 is 2.83 bits per heavy atom. The van der Waals surface area contributed by atoms with Crippen LogP contribution in [0.15, 0.2) is 17.1 Å². The summed E-state index contributed by atoms with van der Waals surface area (Å²) in [6.45, 7) is 8.60. The number of guanidine groups is 1. The lowest BCUT2D eigenvalue weighted by molar-refractivity contribution is 0.451. The Labute approximate surface area is 149 Å². The molecule has 1 aromatic rings. The van der Waals surface area contributed by atoms with Gasteiger partial charge in [0.1, 0.15) is 0 Å². The summed E-state index contributed by atoms with van der Waals surface area (Å²) in [6.07, 6.45) is 1.67. The molecule has 0 spiro atoms. The summed E-state index contributed by atoms with van der Waals surface area (Å²) >= 11 is 1.82. The molecule has 1 aliphatic heterocycles. The SMILES string of the molecule is CCNC(=NCCN1CCCS1(=O)=O)NC(C)Cc1ccc(C)s1. The third-order valence-corrected chi connectivity index (χ3v) is 6.83. The second-order valence-electron chi connectivity index (χ2n) is 6.09. The first-order chi connectivity index (χ1) is 11.4. The summed E-state index contributed by atoms with van der Waals surface area (Å²) in [5, 5.41) is 6.62. The van der Waals surface area contributed by atoms with Gasteiger partial charge in [0, 0.05) is 41.9 Å². The van der Waals surface area contributed by atoms with Crippen LogP contribution >= 0.6 is 11.3 Å². The lowest BCUT2D eigenvalue weighted by atomic mass is 10.2. The molecule has 1 aliphatic rings. The monoisotopic (exact) mass is 372 g/mol. The fraction of sp³-hybridized carbons (Fsp3) is 0.688. The van der Waals surface area contributed by atoms with Crippen molar-refractivity contribution in [2.45, 2.75) is 39.7 Å². The molecule has 0 aromatic carbocycles. The first-order valence-electron chi connectivity index (χ1n) is 8.48. The lowest BCUT2D eigenvalue weighted by Gasteiger charge is -2.18. The van der Waals surface area contributed by atoms with Crippen LogP contribution in [0.4, 0.5) is 0 Å². The van der Waals surface area contributed by atoms with E-state index in [1.54, 1.807) is 0 Å². The highest BCUT2D eigenvalue weighted by atomic mass is 32.2. The van der Waals surface area contributed by atoms with Gasteiger partial charge >= 0.3 is 0 Å². The average Bonchev–Trinajstić information content (AvgIpc) is 3.04. The maximum Gasteiger partial charge on any atom is 0.214 e. The van der Waals surface area contributed by atoms with Crippen molar-refractivity contribution >= 4 is 27.3 Å². The van der Waals surface area contributed by atoms with Gasteiger partial charge in [-0.2, -0.15) is 0 Å². The van der Waals surface area contributed by atoms with E-state index in [1.165, 1.54) is 14.1 Å². The first-order valence-corrected chi connectivity index (χ1v) is 10.9. The van der Waals surface area contributed by atoms with Crippen molar-refractivity contribution in [3.8, 4) is 0 Å². The Balaban J connectivity index is 1.85. The highest BCUT2D eigenvalue weighted by Gasteiger charge is 2.27. The molecule has 24 heavy (non-hydrogen) atoms. The number of sulfonamides is 1. The largest absolute Gasteiger partial charge is 0.357 e. The van der Waals surface area contributed by atoms with Crippen molar-refractivity contribution < 1.29 is 8.42 Å². The van der Waals surface area contributed by atoms with E-state index in [0.29, 0.717) is 19.6 Å². The molecule has 0 amide bonds. The molecule has 0 radical (unpaired) electrons. The summed E-state index contributed by atoms with van der Waals surface area (Å²) in [6, 6.07) is 4.57. The third kappa shape index (κ3) is 5.75. The van der Waals surface area contributed by atoms with E-state index >= 15 is 0 Å². The normalized spacial score (nSPS) is 19.4. The van der Waals surface area contributed by atoms with Crippen molar-refractivity contribution in [3.05, 3.63) is 21.9 Å². The van der Waals surface area contributed by atoms with Gasteiger partial charge in [0.2, 0.25) is 10.0 Å².